The largest absolute Gasteiger partial charge is 0.341 e. The van der Waals surface area contributed by atoms with E-state index in [0.29, 0.717) is 17.9 Å². The molecule has 74 valence electrons. The predicted octanol–water partition coefficient (Wildman–Crippen LogP) is 0.463. The van der Waals surface area contributed by atoms with Gasteiger partial charge in [-0.2, -0.15) is 0 Å². The number of nitrogens with one attached hydrogen (secondary N) is 1. The number of amides is 1. The molecular weight excluding hydrogens is 164 g/mol. The van der Waals surface area contributed by atoms with Crippen LogP contribution in [-0.2, 0) is 4.79 Å². The van der Waals surface area contributed by atoms with Crippen molar-refractivity contribution in [3.8, 4) is 0 Å². The smallest absolute Gasteiger partial charge is 0.225 e. The molecule has 3 heteroatoms. The Hall–Kier alpha value is -0.570. The predicted molar refractivity (Wildman–Crippen MR) is 51.3 cm³/mol. The molecule has 1 amide bonds. The normalized spacial score (nSPS) is 34.3. The Labute approximate surface area is 79.5 Å². The number of carbonyl (C=O) groups excluding carboxylic acids is 1. The molecule has 1 saturated carbocycles. The maximum Gasteiger partial charge on any atom is 0.225 e. The van der Waals surface area contributed by atoms with E-state index in [1.54, 1.807) is 0 Å². The Morgan fingerprint density at radius 3 is 2.85 bits per heavy atom. The zero-order valence-electron chi connectivity index (χ0n) is 8.42. The summed E-state index contributed by atoms with van der Waals surface area (Å²) in [7, 11) is 1.94. The van der Waals surface area contributed by atoms with Crippen molar-refractivity contribution in [2.45, 2.75) is 25.8 Å². The number of rotatable bonds is 3. The third kappa shape index (κ3) is 1.57. The van der Waals surface area contributed by atoms with Crippen molar-refractivity contribution in [3.05, 3.63) is 0 Å². The average Bonchev–Trinajstić information content (AvgIpc) is 2.05. The molecule has 2 heterocycles. The van der Waals surface area contributed by atoms with Gasteiger partial charge in [0, 0.05) is 25.0 Å². The summed E-state index contributed by atoms with van der Waals surface area (Å²) in [5, 5.41) is 3.17. The van der Waals surface area contributed by atoms with Crippen LogP contribution in [0.3, 0.4) is 0 Å². The fourth-order valence-corrected chi connectivity index (χ4v) is 2.33. The molecule has 0 aromatic carbocycles. The Morgan fingerprint density at radius 2 is 2.31 bits per heavy atom. The second-order valence-electron chi connectivity index (χ2n) is 4.47. The van der Waals surface area contributed by atoms with Crippen LogP contribution in [0.2, 0.25) is 0 Å². The van der Waals surface area contributed by atoms with E-state index in [1.807, 2.05) is 11.9 Å². The standard InChI is InChI=1S/C10H18N2O/c1-7(11-2)5-12-6-8-3-9(4-8)10(12)13/h7-9,11H,3-6H2,1-2H3. The maximum atomic E-state index is 11.7. The minimum Gasteiger partial charge on any atom is -0.341 e. The fourth-order valence-electron chi connectivity index (χ4n) is 2.33. The number of hydrogen-bond acceptors (Lipinski definition) is 2. The minimum atomic E-state index is 0.378. The van der Waals surface area contributed by atoms with Gasteiger partial charge in [-0.1, -0.05) is 0 Å². The van der Waals surface area contributed by atoms with Gasteiger partial charge in [-0.3, -0.25) is 4.79 Å². The van der Waals surface area contributed by atoms with Gasteiger partial charge >= 0.3 is 0 Å². The molecule has 2 aliphatic heterocycles. The summed E-state index contributed by atoms with van der Waals surface area (Å²) in [6.07, 6.45) is 2.31. The molecule has 0 aromatic rings. The van der Waals surface area contributed by atoms with Crippen LogP contribution in [-0.4, -0.2) is 37.0 Å². The highest BCUT2D eigenvalue weighted by Crippen LogP contribution is 2.40. The van der Waals surface area contributed by atoms with Crippen LogP contribution < -0.4 is 5.32 Å². The molecule has 1 atom stereocenters. The quantitative estimate of drug-likeness (QED) is 0.688. The van der Waals surface area contributed by atoms with Crippen LogP contribution in [0, 0.1) is 11.8 Å². The van der Waals surface area contributed by atoms with Crippen molar-refractivity contribution in [3.63, 3.8) is 0 Å². The summed E-state index contributed by atoms with van der Waals surface area (Å²) >= 11 is 0. The van der Waals surface area contributed by atoms with Gasteiger partial charge in [-0.15, -0.1) is 0 Å². The molecule has 1 aliphatic carbocycles. The number of likely N-dealkylation sites (N-methyl/N-ethyl adjacent to an activating group) is 1. The first-order valence-corrected chi connectivity index (χ1v) is 5.16. The topological polar surface area (TPSA) is 32.3 Å². The van der Waals surface area contributed by atoms with Crippen molar-refractivity contribution in [2.75, 3.05) is 20.1 Å². The van der Waals surface area contributed by atoms with Gasteiger partial charge in [-0.25, -0.2) is 0 Å². The zero-order valence-corrected chi connectivity index (χ0v) is 8.42. The van der Waals surface area contributed by atoms with Gasteiger partial charge in [0.15, 0.2) is 0 Å². The molecule has 3 nitrogen and oxygen atoms in total. The van der Waals surface area contributed by atoms with Crippen molar-refractivity contribution in [1.82, 2.24) is 10.2 Å². The summed E-state index contributed by atoms with van der Waals surface area (Å²) in [6.45, 7) is 4.00. The van der Waals surface area contributed by atoms with E-state index in [2.05, 4.69) is 12.2 Å². The first-order chi connectivity index (χ1) is 6.20. The number of piperidine rings is 2. The van der Waals surface area contributed by atoms with Crippen molar-refractivity contribution in [1.29, 1.82) is 0 Å². The summed E-state index contributed by atoms with van der Waals surface area (Å²) in [6, 6.07) is 0.418. The van der Waals surface area contributed by atoms with E-state index in [1.165, 1.54) is 0 Å². The highest BCUT2D eigenvalue weighted by Gasteiger charge is 2.43. The third-order valence-electron chi connectivity index (χ3n) is 3.36. The molecule has 1 N–H and O–H groups in total. The molecule has 13 heavy (non-hydrogen) atoms. The van der Waals surface area contributed by atoms with Crippen LogP contribution in [0.15, 0.2) is 0 Å². The maximum absolute atomic E-state index is 11.7. The summed E-state index contributed by atoms with van der Waals surface area (Å²) in [5.74, 6) is 1.58. The van der Waals surface area contributed by atoms with E-state index in [0.717, 1.165) is 31.8 Å². The van der Waals surface area contributed by atoms with Gasteiger partial charge in [-0.05, 0) is 32.7 Å². The second-order valence-corrected chi connectivity index (χ2v) is 4.47. The Balaban J connectivity index is 1.89. The lowest BCUT2D eigenvalue weighted by Gasteiger charge is -2.46. The minimum absolute atomic E-state index is 0.378. The lowest BCUT2D eigenvalue weighted by molar-refractivity contribution is -0.149. The first-order valence-electron chi connectivity index (χ1n) is 5.16. The lowest BCUT2D eigenvalue weighted by atomic mass is 9.70. The molecule has 1 unspecified atom stereocenters. The Bertz CT molecular complexity index is 211. The highest BCUT2D eigenvalue weighted by atomic mass is 16.2. The first kappa shape index (κ1) is 9.00. The van der Waals surface area contributed by atoms with Crippen LogP contribution in [0.5, 0.6) is 0 Å². The van der Waals surface area contributed by atoms with Gasteiger partial charge in [0.1, 0.15) is 0 Å². The Kier molecular flexibility index (Phi) is 2.28. The molecule has 3 aliphatic rings. The van der Waals surface area contributed by atoms with Crippen LogP contribution >= 0.6 is 0 Å². The van der Waals surface area contributed by atoms with Crippen molar-refractivity contribution in [2.24, 2.45) is 11.8 Å². The number of fused-ring (bicyclic) bond motifs is 2. The van der Waals surface area contributed by atoms with Crippen LogP contribution in [0.25, 0.3) is 0 Å². The summed E-state index contributed by atoms with van der Waals surface area (Å²) in [4.78, 5) is 13.7. The van der Waals surface area contributed by atoms with Gasteiger partial charge < -0.3 is 10.2 Å². The number of hydrogen-bond donors (Lipinski definition) is 1. The van der Waals surface area contributed by atoms with E-state index in [9.17, 15) is 4.79 Å². The molecule has 0 aromatic heterocycles. The average molecular weight is 182 g/mol. The molecule has 0 radical (unpaired) electrons. The van der Waals surface area contributed by atoms with E-state index in [4.69, 9.17) is 0 Å². The van der Waals surface area contributed by atoms with E-state index in [-0.39, 0.29) is 0 Å². The van der Waals surface area contributed by atoms with Crippen molar-refractivity contribution >= 4 is 5.91 Å². The molecular formula is C10H18N2O. The molecule has 2 saturated heterocycles. The SMILES string of the molecule is CNC(C)CN1CC2CC(C2)C1=O. The lowest BCUT2D eigenvalue weighted by Crippen LogP contribution is -2.55. The van der Waals surface area contributed by atoms with Gasteiger partial charge in [0.25, 0.3) is 0 Å². The van der Waals surface area contributed by atoms with Crippen LogP contribution in [0.1, 0.15) is 19.8 Å². The fraction of sp³-hybridized carbons (Fsp3) is 0.900. The third-order valence-corrected chi connectivity index (χ3v) is 3.36. The van der Waals surface area contributed by atoms with E-state index >= 15 is 0 Å². The molecule has 3 rings (SSSR count). The van der Waals surface area contributed by atoms with Crippen LogP contribution in [0.4, 0.5) is 0 Å². The van der Waals surface area contributed by atoms with Crippen molar-refractivity contribution < 1.29 is 4.79 Å². The Morgan fingerprint density at radius 1 is 1.62 bits per heavy atom. The molecule has 3 fully saturated rings. The number of nitrogens with zero attached hydrogens (tertiary/aromatic N) is 1. The van der Waals surface area contributed by atoms with Gasteiger partial charge in [0.2, 0.25) is 5.91 Å². The zero-order chi connectivity index (χ0) is 9.42. The number of carbonyl (C=O) groups is 1. The molecule has 0 spiro atoms. The van der Waals surface area contributed by atoms with Gasteiger partial charge in [0.05, 0.1) is 0 Å². The second kappa shape index (κ2) is 3.29. The molecule has 2 bridgehead atoms. The monoisotopic (exact) mass is 182 g/mol. The highest BCUT2D eigenvalue weighted by molar-refractivity contribution is 5.81. The van der Waals surface area contributed by atoms with E-state index < -0.39 is 0 Å². The summed E-state index contributed by atoms with van der Waals surface area (Å²) < 4.78 is 0. The summed E-state index contributed by atoms with van der Waals surface area (Å²) in [5.41, 5.74) is 0.